The van der Waals surface area contributed by atoms with E-state index in [1.54, 1.807) is 20.8 Å². The zero-order chi connectivity index (χ0) is 11.5. The van der Waals surface area contributed by atoms with E-state index in [-0.39, 0.29) is 5.78 Å². The molecular formula is C11H15NO3. The number of hydrogen-bond donors (Lipinski definition) is 1. The molecule has 0 amide bonds. The number of hydrogen-bond acceptors (Lipinski definition) is 4. The van der Waals surface area contributed by atoms with Gasteiger partial charge in [-0.25, -0.2) is 4.79 Å². The monoisotopic (exact) mass is 209 g/mol. The highest BCUT2D eigenvalue weighted by Crippen LogP contribution is 2.11. The Balaban J connectivity index is 2.72. The summed E-state index contributed by atoms with van der Waals surface area (Å²) in [5, 5.41) is 2.82. The summed E-state index contributed by atoms with van der Waals surface area (Å²) in [6.07, 6.45) is 4.19. The fourth-order valence-electron chi connectivity index (χ4n) is 1.06. The molecule has 0 aliphatic carbocycles. The summed E-state index contributed by atoms with van der Waals surface area (Å²) in [7, 11) is 0. The molecule has 1 rings (SSSR count). The molecule has 0 aromatic heterocycles. The van der Waals surface area contributed by atoms with Gasteiger partial charge in [-0.1, -0.05) is 0 Å². The van der Waals surface area contributed by atoms with Crippen LogP contribution in [0.2, 0.25) is 0 Å². The highest BCUT2D eigenvalue weighted by atomic mass is 16.6. The average molecular weight is 209 g/mol. The fourth-order valence-corrected chi connectivity index (χ4v) is 1.06. The van der Waals surface area contributed by atoms with Crippen LogP contribution in [0, 0.1) is 0 Å². The van der Waals surface area contributed by atoms with Crippen molar-refractivity contribution < 1.29 is 14.3 Å². The van der Waals surface area contributed by atoms with Crippen molar-refractivity contribution in [1.29, 1.82) is 0 Å². The Morgan fingerprint density at radius 3 is 2.73 bits per heavy atom. The van der Waals surface area contributed by atoms with Crippen LogP contribution in [0.1, 0.15) is 20.8 Å². The second-order valence-corrected chi connectivity index (χ2v) is 4.29. The molecule has 0 bridgehead atoms. The number of ketones is 1. The normalized spacial score (nSPS) is 16.5. The van der Waals surface area contributed by atoms with Crippen LogP contribution in [0.15, 0.2) is 23.9 Å². The first-order valence-electron chi connectivity index (χ1n) is 4.76. The van der Waals surface area contributed by atoms with Crippen LogP contribution in [0.3, 0.4) is 0 Å². The van der Waals surface area contributed by atoms with Gasteiger partial charge in [0.2, 0.25) is 0 Å². The molecule has 0 unspecified atom stereocenters. The molecule has 0 atom stereocenters. The van der Waals surface area contributed by atoms with Crippen LogP contribution < -0.4 is 5.32 Å². The van der Waals surface area contributed by atoms with E-state index in [1.807, 2.05) is 0 Å². The lowest BCUT2D eigenvalue weighted by atomic mass is 10.1. The van der Waals surface area contributed by atoms with Crippen molar-refractivity contribution in [3.05, 3.63) is 23.9 Å². The Hall–Kier alpha value is -1.58. The average Bonchev–Trinajstić information content (AvgIpc) is 2.26. The maximum atomic E-state index is 11.6. The van der Waals surface area contributed by atoms with Gasteiger partial charge >= 0.3 is 5.97 Å². The van der Waals surface area contributed by atoms with Crippen molar-refractivity contribution in [3.8, 4) is 0 Å². The smallest absolute Gasteiger partial charge is 0.336 e. The summed E-state index contributed by atoms with van der Waals surface area (Å²) in [4.78, 5) is 22.8. The van der Waals surface area contributed by atoms with E-state index in [2.05, 4.69) is 5.32 Å². The Bertz CT molecular complexity index is 334. The molecule has 4 heteroatoms. The van der Waals surface area contributed by atoms with E-state index >= 15 is 0 Å². The van der Waals surface area contributed by atoms with Crippen LogP contribution >= 0.6 is 0 Å². The van der Waals surface area contributed by atoms with Crippen LogP contribution in [0.4, 0.5) is 0 Å². The number of ether oxygens (including phenoxy) is 1. The van der Waals surface area contributed by atoms with Crippen LogP contribution in [0.5, 0.6) is 0 Å². The summed E-state index contributed by atoms with van der Waals surface area (Å²) in [5.74, 6) is -0.659. The molecule has 1 N–H and O–H groups in total. The third-order valence-electron chi connectivity index (χ3n) is 1.64. The quantitative estimate of drug-likeness (QED) is 0.653. The molecule has 82 valence electrons. The van der Waals surface area contributed by atoms with Crippen LogP contribution in [0.25, 0.3) is 0 Å². The molecule has 0 aromatic carbocycles. The van der Waals surface area contributed by atoms with Gasteiger partial charge in [0.25, 0.3) is 0 Å². The van der Waals surface area contributed by atoms with Crippen molar-refractivity contribution >= 4 is 11.8 Å². The number of rotatable bonds is 1. The van der Waals surface area contributed by atoms with E-state index in [4.69, 9.17) is 4.74 Å². The summed E-state index contributed by atoms with van der Waals surface area (Å²) < 4.78 is 5.15. The topological polar surface area (TPSA) is 55.4 Å². The largest absolute Gasteiger partial charge is 0.457 e. The van der Waals surface area contributed by atoms with E-state index in [0.29, 0.717) is 12.1 Å². The number of carbonyl (C=O) groups is 2. The molecule has 0 fully saturated rings. The summed E-state index contributed by atoms with van der Waals surface area (Å²) in [5.41, 5.74) is -0.194. The first-order chi connectivity index (χ1) is 6.88. The van der Waals surface area contributed by atoms with Gasteiger partial charge < -0.3 is 10.1 Å². The van der Waals surface area contributed by atoms with Gasteiger partial charge in [0.1, 0.15) is 5.60 Å². The van der Waals surface area contributed by atoms with E-state index in [9.17, 15) is 9.59 Å². The molecule has 0 saturated carbocycles. The van der Waals surface area contributed by atoms with Crippen molar-refractivity contribution in [2.24, 2.45) is 0 Å². The maximum absolute atomic E-state index is 11.6. The van der Waals surface area contributed by atoms with Gasteiger partial charge in [0.15, 0.2) is 5.78 Å². The Morgan fingerprint density at radius 2 is 2.13 bits per heavy atom. The summed E-state index contributed by atoms with van der Waals surface area (Å²) >= 11 is 0. The molecule has 0 spiro atoms. The van der Waals surface area contributed by atoms with Crippen LogP contribution in [-0.2, 0) is 14.3 Å². The summed E-state index contributed by atoms with van der Waals surface area (Å²) in [6, 6.07) is 0. The lowest BCUT2D eigenvalue weighted by molar-refractivity contribution is -0.150. The van der Waals surface area contributed by atoms with Gasteiger partial charge in [-0.3, -0.25) is 4.79 Å². The predicted octanol–water partition coefficient (Wildman–Crippen LogP) is 0.940. The van der Waals surface area contributed by atoms with Gasteiger partial charge in [-0.2, -0.15) is 0 Å². The summed E-state index contributed by atoms with van der Waals surface area (Å²) in [6.45, 7) is 5.68. The Labute approximate surface area is 89.0 Å². The van der Waals surface area contributed by atoms with Crippen molar-refractivity contribution in [1.82, 2.24) is 5.32 Å². The number of esters is 1. The van der Waals surface area contributed by atoms with Gasteiger partial charge in [0, 0.05) is 18.8 Å². The second kappa shape index (κ2) is 4.29. The second-order valence-electron chi connectivity index (χ2n) is 4.29. The SMILES string of the molecule is CC(C)(C)OC(=O)C1=CC(=O)C=CNC1. The molecule has 4 nitrogen and oxygen atoms in total. The molecule has 15 heavy (non-hydrogen) atoms. The zero-order valence-corrected chi connectivity index (χ0v) is 9.16. The molecule has 1 aliphatic heterocycles. The third kappa shape index (κ3) is 3.97. The van der Waals surface area contributed by atoms with Gasteiger partial charge in [0.05, 0.1) is 5.57 Å². The maximum Gasteiger partial charge on any atom is 0.336 e. The Kier molecular flexibility index (Phi) is 3.29. The standard InChI is InChI=1S/C11H15NO3/c1-11(2,3)15-10(14)8-6-9(13)4-5-12-7-8/h4-6,12H,7H2,1-3H3. The minimum atomic E-state index is -0.541. The molecule has 0 radical (unpaired) electrons. The minimum Gasteiger partial charge on any atom is -0.457 e. The first-order valence-corrected chi connectivity index (χ1v) is 4.76. The Morgan fingerprint density at radius 1 is 1.47 bits per heavy atom. The van der Waals surface area contributed by atoms with E-state index in [1.165, 1.54) is 18.4 Å². The number of nitrogens with one attached hydrogen (secondary N) is 1. The highest BCUT2D eigenvalue weighted by Gasteiger charge is 2.20. The van der Waals surface area contributed by atoms with Crippen molar-refractivity contribution in [3.63, 3.8) is 0 Å². The van der Waals surface area contributed by atoms with Crippen molar-refractivity contribution in [2.45, 2.75) is 26.4 Å². The van der Waals surface area contributed by atoms with Crippen LogP contribution in [-0.4, -0.2) is 23.9 Å². The molecular weight excluding hydrogens is 194 g/mol. The lowest BCUT2D eigenvalue weighted by Gasteiger charge is -2.20. The zero-order valence-electron chi connectivity index (χ0n) is 9.16. The molecule has 0 saturated heterocycles. The third-order valence-corrected chi connectivity index (χ3v) is 1.64. The predicted molar refractivity (Wildman–Crippen MR) is 56.1 cm³/mol. The molecule has 0 aromatic rings. The highest BCUT2D eigenvalue weighted by molar-refractivity contribution is 6.05. The van der Waals surface area contributed by atoms with E-state index in [0.717, 1.165) is 0 Å². The van der Waals surface area contributed by atoms with E-state index < -0.39 is 11.6 Å². The number of carbonyl (C=O) groups excluding carboxylic acids is 2. The number of allylic oxidation sites excluding steroid dienone is 2. The van der Waals surface area contributed by atoms with Gasteiger partial charge in [-0.15, -0.1) is 0 Å². The fraction of sp³-hybridized carbons (Fsp3) is 0.455. The van der Waals surface area contributed by atoms with Crippen molar-refractivity contribution in [2.75, 3.05) is 6.54 Å². The first kappa shape index (κ1) is 11.5. The molecule has 1 aliphatic rings. The molecule has 1 heterocycles. The van der Waals surface area contributed by atoms with Gasteiger partial charge in [-0.05, 0) is 26.8 Å². The lowest BCUT2D eigenvalue weighted by Crippen LogP contribution is -2.27. The minimum absolute atomic E-state index is 0.208.